The van der Waals surface area contributed by atoms with Gasteiger partial charge in [0, 0.05) is 22.6 Å². The van der Waals surface area contributed by atoms with Crippen LogP contribution in [0.3, 0.4) is 0 Å². The lowest BCUT2D eigenvalue weighted by atomic mass is 10.1. The number of rotatable bonds is 12. The fourth-order valence-corrected chi connectivity index (χ4v) is 6.57. The average Bonchev–Trinajstić information content (AvgIpc) is 2.94. The number of benzene rings is 3. The number of sulfonamides is 1. The Morgan fingerprint density at radius 1 is 0.905 bits per heavy atom. The highest BCUT2D eigenvalue weighted by atomic mass is 35.5. The van der Waals surface area contributed by atoms with Gasteiger partial charge in [-0.05, 0) is 68.7 Å². The van der Waals surface area contributed by atoms with Gasteiger partial charge in [0.15, 0.2) is 0 Å². The van der Waals surface area contributed by atoms with Crippen LogP contribution in [0.2, 0.25) is 20.1 Å². The molecule has 2 amide bonds. The van der Waals surface area contributed by atoms with Crippen molar-refractivity contribution in [1.29, 1.82) is 0 Å². The highest BCUT2D eigenvalue weighted by molar-refractivity contribution is 7.92. The minimum Gasteiger partial charge on any atom is -0.352 e. The molecule has 0 radical (unpaired) electrons. The fraction of sp³-hybridized carbons (Fsp3) is 0.333. The maximum Gasteiger partial charge on any atom is 0.264 e. The van der Waals surface area contributed by atoms with E-state index in [1.807, 2.05) is 20.8 Å². The summed E-state index contributed by atoms with van der Waals surface area (Å²) in [6, 6.07) is 14.6. The standard InChI is InChI=1S/C30H33Cl4N3O4S/c1-5-20(4)35-30(39)26(6-2)36(17-21-12-13-22(31)16-25(21)33)28(38)18-37(27-9-7-8-24(32)29(27)34)42(40,41)23-14-10-19(3)11-15-23/h7-16,20,26H,5-6,17-18H2,1-4H3,(H,35,39)/t20-,26-/m0/s1. The minimum absolute atomic E-state index is 0.0275. The van der Waals surface area contributed by atoms with Crippen molar-refractivity contribution in [2.75, 3.05) is 10.8 Å². The summed E-state index contributed by atoms with van der Waals surface area (Å²) < 4.78 is 28.9. The second-order valence-electron chi connectivity index (χ2n) is 9.90. The van der Waals surface area contributed by atoms with E-state index in [-0.39, 0.29) is 45.5 Å². The summed E-state index contributed by atoms with van der Waals surface area (Å²) in [7, 11) is -4.30. The second-order valence-corrected chi connectivity index (χ2v) is 13.4. The molecule has 0 bridgehead atoms. The number of hydrogen-bond acceptors (Lipinski definition) is 4. The van der Waals surface area contributed by atoms with E-state index >= 15 is 0 Å². The van der Waals surface area contributed by atoms with Crippen LogP contribution in [0.1, 0.15) is 44.7 Å². The molecule has 0 aliphatic carbocycles. The number of carbonyl (C=O) groups excluding carboxylic acids is 2. The van der Waals surface area contributed by atoms with Crippen molar-refractivity contribution in [3.63, 3.8) is 0 Å². The molecule has 0 heterocycles. The third kappa shape index (κ3) is 8.11. The first-order chi connectivity index (χ1) is 19.8. The fourth-order valence-electron chi connectivity index (χ4n) is 4.23. The first kappa shape index (κ1) is 34.0. The van der Waals surface area contributed by atoms with Crippen molar-refractivity contribution in [3.8, 4) is 0 Å². The van der Waals surface area contributed by atoms with Gasteiger partial charge in [-0.2, -0.15) is 0 Å². The number of nitrogens with one attached hydrogen (secondary N) is 1. The second kappa shape index (κ2) is 14.8. The Morgan fingerprint density at radius 2 is 1.57 bits per heavy atom. The van der Waals surface area contributed by atoms with Crippen LogP contribution in [0.5, 0.6) is 0 Å². The van der Waals surface area contributed by atoms with E-state index in [0.717, 1.165) is 9.87 Å². The number of carbonyl (C=O) groups is 2. The van der Waals surface area contributed by atoms with E-state index in [0.29, 0.717) is 22.0 Å². The van der Waals surface area contributed by atoms with E-state index < -0.39 is 28.5 Å². The van der Waals surface area contributed by atoms with Gasteiger partial charge >= 0.3 is 0 Å². The van der Waals surface area contributed by atoms with E-state index in [1.54, 1.807) is 43.3 Å². The highest BCUT2D eigenvalue weighted by Crippen LogP contribution is 2.36. The van der Waals surface area contributed by atoms with Crippen molar-refractivity contribution in [1.82, 2.24) is 10.2 Å². The highest BCUT2D eigenvalue weighted by Gasteiger charge is 2.35. The number of aryl methyl sites for hydroxylation is 1. The van der Waals surface area contributed by atoms with Crippen LogP contribution in [-0.4, -0.2) is 43.8 Å². The molecule has 1 N–H and O–H groups in total. The van der Waals surface area contributed by atoms with Gasteiger partial charge in [0.2, 0.25) is 11.8 Å². The summed E-state index contributed by atoms with van der Waals surface area (Å²) in [6.45, 7) is 6.69. The Hall–Kier alpha value is -2.49. The van der Waals surface area contributed by atoms with Crippen LogP contribution in [0.4, 0.5) is 5.69 Å². The Morgan fingerprint density at radius 3 is 2.17 bits per heavy atom. The molecule has 0 aliphatic rings. The molecule has 2 atom stereocenters. The molecule has 12 heteroatoms. The quantitative estimate of drug-likeness (QED) is 0.216. The molecule has 3 aromatic carbocycles. The van der Waals surface area contributed by atoms with Crippen LogP contribution < -0.4 is 9.62 Å². The minimum atomic E-state index is -4.30. The summed E-state index contributed by atoms with van der Waals surface area (Å²) in [5, 5.41) is 3.74. The Labute approximate surface area is 267 Å². The molecule has 0 aliphatic heterocycles. The van der Waals surface area contributed by atoms with Crippen molar-refractivity contribution in [2.45, 2.75) is 64.1 Å². The topological polar surface area (TPSA) is 86.8 Å². The molecule has 0 spiro atoms. The van der Waals surface area contributed by atoms with Crippen LogP contribution >= 0.6 is 46.4 Å². The summed E-state index contributed by atoms with van der Waals surface area (Å²) in [5.41, 5.74) is 1.43. The predicted molar refractivity (Wildman–Crippen MR) is 171 cm³/mol. The van der Waals surface area contributed by atoms with E-state index in [1.165, 1.54) is 29.2 Å². The smallest absolute Gasteiger partial charge is 0.264 e. The van der Waals surface area contributed by atoms with Crippen molar-refractivity contribution >= 4 is 73.9 Å². The lowest BCUT2D eigenvalue weighted by Gasteiger charge is -2.34. The third-order valence-electron chi connectivity index (χ3n) is 6.83. The zero-order valence-electron chi connectivity index (χ0n) is 23.7. The Bertz CT molecular complexity index is 1530. The SMILES string of the molecule is CC[C@H](C)NC(=O)[C@H](CC)N(Cc1ccc(Cl)cc1Cl)C(=O)CN(c1cccc(Cl)c1Cl)S(=O)(=O)c1ccc(C)cc1. The molecule has 7 nitrogen and oxygen atoms in total. The van der Waals surface area contributed by atoms with Crippen LogP contribution in [-0.2, 0) is 26.2 Å². The molecule has 3 aromatic rings. The molecule has 0 unspecified atom stereocenters. The maximum absolute atomic E-state index is 14.2. The molecule has 42 heavy (non-hydrogen) atoms. The van der Waals surface area contributed by atoms with E-state index in [9.17, 15) is 18.0 Å². The summed E-state index contributed by atoms with van der Waals surface area (Å²) in [4.78, 5) is 28.9. The monoisotopic (exact) mass is 671 g/mol. The van der Waals surface area contributed by atoms with Crippen molar-refractivity contribution < 1.29 is 18.0 Å². The zero-order valence-corrected chi connectivity index (χ0v) is 27.5. The van der Waals surface area contributed by atoms with Gasteiger partial charge in [-0.1, -0.05) is 90.1 Å². The van der Waals surface area contributed by atoms with Crippen LogP contribution in [0, 0.1) is 6.92 Å². The molecule has 3 rings (SSSR count). The molecule has 0 aromatic heterocycles. The average molecular weight is 673 g/mol. The number of nitrogens with zero attached hydrogens (tertiary/aromatic N) is 2. The van der Waals surface area contributed by atoms with Gasteiger partial charge < -0.3 is 10.2 Å². The van der Waals surface area contributed by atoms with Gasteiger partial charge in [0.1, 0.15) is 12.6 Å². The molecular weight excluding hydrogens is 640 g/mol. The number of hydrogen-bond donors (Lipinski definition) is 1. The third-order valence-corrected chi connectivity index (χ3v) is 10.0. The zero-order chi connectivity index (χ0) is 31.2. The largest absolute Gasteiger partial charge is 0.352 e. The summed E-state index contributed by atoms with van der Waals surface area (Å²) in [5.74, 6) is -1.00. The number of halogens is 4. The van der Waals surface area contributed by atoms with Gasteiger partial charge in [-0.25, -0.2) is 8.42 Å². The molecule has 226 valence electrons. The van der Waals surface area contributed by atoms with Crippen LogP contribution in [0.25, 0.3) is 0 Å². The molecular formula is C30H33Cl4N3O4S. The van der Waals surface area contributed by atoms with Gasteiger partial charge in [-0.3, -0.25) is 13.9 Å². The van der Waals surface area contributed by atoms with E-state index in [2.05, 4.69) is 5.32 Å². The predicted octanol–water partition coefficient (Wildman–Crippen LogP) is 7.53. The van der Waals surface area contributed by atoms with Crippen LogP contribution in [0.15, 0.2) is 65.6 Å². The summed E-state index contributed by atoms with van der Waals surface area (Å²) in [6.07, 6.45) is 0.955. The molecule has 0 saturated carbocycles. The van der Waals surface area contributed by atoms with E-state index in [4.69, 9.17) is 46.4 Å². The maximum atomic E-state index is 14.2. The number of amides is 2. The number of anilines is 1. The normalized spacial score (nSPS) is 12.9. The lowest BCUT2D eigenvalue weighted by molar-refractivity contribution is -0.140. The van der Waals surface area contributed by atoms with Gasteiger partial charge in [-0.15, -0.1) is 0 Å². The van der Waals surface area contributed by atoms with Crippen molar-refractivity contribution in [3.05, 3.63) is 91.9 Å². The lowest BCUT2D eigenvalue weighted by Crippen LogP contribution is -2.53. The van der Waals surface area contributed by atoms with Gasteiger partial charge in [0.25, 0.3) is 10.0 Å². The summed E-state index contributed by atoms with van der Waals surface area (Å²) >= 11 is 25.3. The molecule has 0 fully saturated rings. The first-order valence-electron chi connectivity index (χ1n) is 13.4. The van der Waals surface area contributed by atoms with Crippen molar-refractivity contribution in [2.24, 2.45) is 0 Å². The Balaban J connectivity index is 2.13. The first-order valence-corrected chi connectivity index (χ1v) is 16.3. The Kier molecular flexibility index (Phi) is 12.0. The van der Waals surface area contributed by atoms with Gasteiger partial charge in [0.05, 0.1) is 20.6 Å². The molecule has 0 saturated heterocycles.